The van der Waals surface area contributed by atoms with Gasteiger partial charge in [-0.3, -0.25) is 14.4 Å². The van der Waals surface area contributed by atoms with Crippen LogP contribution >= 0.6 is 27.7 Å². The van der Waals surface area contributed by atoms with Gasteiger partial charge in [-0.15, -0.1) is 0 Å². The number of hydrogen-bond donors (Lipinski definition) is 4. The molecule has 0 unspecified atom stereocenters. The van der Waals surface area contributed by atoms with Gasteiger partial charge in [0.05, 0.1) is 17.1 Å². The Bertz CT molecular complexity index is 1580. The molecule has 5 N–H and O–H groups in total. The first-order valence-electron chi connectivity index (χ1n) is 15.9. The number of halogens is 3. The molecule has 0 fully saturated rings. The molecule has 0 aliphatic rings. The summed E-state index contributed by atoms with van der Waals surface area (Å²) in [6.07, 6.45) is 2.27. The van der Waals surface area contributed by atoms with Gasteiger partial charge in [0, 0.05) is 54.8 Å². The van der Waals surface area contributed by atoms with Gasteiger partial charge < -0.3 is 30.9 Å². The quantitative estimate of drug-likeness (QED) is 0.106. The van der Waals surface area contributed by atoms with Crippen molar-refractivity contribution in [3.63, 3.8) is 0 Å². The molecule has 266 valence electrons. The van der Waals surface area contributed by atoms with Crippen LogP contribution in [-0.2, 0) is 25.7 Å². The highest BCUT2D eigenvalue weighted by atomic mass is 79.9. The fourth-order valence-electron chi connectivity index (χ4n) is 5.41. The van der Waals surface area contributed by atoms with E-state index in [0.717, 1.165) is 29.5 Å². The lowest BCUT2D eigenvalue weighted by Gasteiger charge is -2.41. The van der Waals surface area contributed by atoms with Crippen LogP contribution in [-0.4, -0.2) is 80.8 Å². The summed E-state index contributed by atoms with van der Waals surface area (Å²) in [5.41, 5.74) is 7.72. The van der Waals surface area contributed by atoms with Crippen molar-refractivity contribution in [2.75, 3.05) is 36.5 Å². The zero-order valence-electron chi connectivity index (χ0n) is 27.9. The Morgan fingerprint density at radius 3 is 2.41 bits per heavy atom. The van der Waals surface area contributed by atoms with Crippen molar-refractivity contribution in [1.82, 2.24) is 20.1 Å². The molecular formula is C35H44BrF2N5O5S. The van der Waals surface area contributed by atoms with Crippen molar-refractivity contribution in [3.8, 4) is 11.1 Å². The lowest BCUT2D eigenvalue weighted by molar-refractivity contribution is -0.141. The van der Waals surface area contributed by atoms with E-state index in [1.165, 1.54) is 11.8 Å². The SMILES string of the molecule is CC(C)(C)[C@H](c1cc(-c2cc(F)ccc2F)cn1Cc1ccccc1)N(CCCN)C(=O)CSCCC(=O)N[C@H](CNC(=O)CBr)C(=O)O. The standard InChI is InChI=1S/C35H44BrF2N5O5S/c1-35(2,3)33(29-16-24(26-17-25(37)10-11-27(26)38)21-42(29)20-23-8-5-4-6-9-23)43(14-7-13-39)32(46)22-49-15-12-30(44)41-28(34(47)48)19-40-31(45)18-36/h4-6,8-11,16-17,21,28,33H,7,12-15,18-20,22,39H2,1-3H3,(H,40,45)(H,41,44)(H,47,48)/t28-,33+/m1/s1. The summed E-state index contributed by atoms with van der Waals surface area (Å²) in [5, 5.41) is 14.2. The molecule has 1 heterocycles. The van der Waals surface area contributed by atoms with Crippen LogP contribution in [0.5, 0.6) is 0 Å². The van der Waals surface area contributed by atoms with E-state index in [1.54, 1.807) is 11.1 Å². The van der Waals surface area contributed by atoms with E-state index in [1.807, 2.05) is 61.7 Å². The van der Waals surface area contributed by atoms with Gasteiger partial charge in [-0.25, -0.2) is 13.6 Å². The molecule has 10 nitrogen and oxygen atoms in total. The normalized spacial score (nSPS) is 12.6. The topological polar surface area (TPSA) is 147 Å². The number of nitrogens with one attached hydrogen (secondary N) is 2. The molecule has 3 amide bonds. The number of carbonyl (C=O) groups is 4. The highest BCUT2D eigenvalue weighted by Gasteiger charge is 2.37. The van der Waals surface area contributed by atoms with E-state index in [2.05, 4.69) is 26.6 Å². The highest BCUT2D eigenvalue weighted by Crippen LogP contribution is 2.41. The molecule has 14 heteroatoms. The van der Waals surface area contributed by atoms with Crippen molar-refractivity contribution in [2.24, 2.45) is 11.1 Å². The molecular weight excluding hydrogens is 720 g/mol. The van der Waals surface area contributed by atoms with Gasteiger partial charge in [0.25, 0.3) is 0 Å². The van der Waals surface area contributed by atoms with Crippen molar-refractivity contribution in [2.45, 2.75) is 52.2 Å². The number of hydrogen-bond acceptors (Lipinski definition) is 6. The summed E-state index contributed by atoms with van der Waals surface area (Å²) in [5.74, 6) is -3.25. The van der Waals surface area contributed by atoms with Crippen LogP contribution in [0.2, 0.25) is 0 Å². The average Bonchev–Trinajstić information content (AvgIpc) is 3.45. The Balaban J connectivity index is 1.86. The minimum absolute atomic E-state index is 0.00188. The first kappa shape index (κ1) is 39.7. The monoisotopic (exact) mass is 763 g/mol. The molecule has 1 aromatic heterocycles. The fourth-order valence-corrected chi connectivity index (χ4v) is 6.42. The van der Waals surface area contributed by atoms with Crippen LogP contribution in [0.25, 0.3) is 11.1 Å². The third-order valence-electron chi connectivity index (χ3n) is 7.66. The molecule has 3 rings (SSSR count). The van der Waals surface area contributed by atoms with Gasteiger partial charge in [-0.1, -0.05) is 67.0 Å². The molecule has 2 aromatic carbocycles. The maximum atomic E-state index is 15.0. The largest absolute Gasteiger partial charge is 0.480 e. The Morgan fingerprint density at radius 1 is 1.06 bits per heavy atom. The van der Waals surface area contributed by atoms with Crippen LogP contribution in [0.15, 0.2) is 60.8 Å². The van der Waals surface area contributed by atoms with Gasteiger partial charge in [0.1, 0.15) is 17.7 Å². The number of carboxylic acid groups (broad SMARTS) is 1. The molecule has 0 aliphatic carbocycles. The van der Waals surface area contributed by atoms with Gasteiger partial charge in [-0.2, -0.15) is 11.8 Å². The third kappa shape index (κ3) is 12.0. The zero-order chi connectivity index (χ0) is 36.1. The van der Waals surface area contributed by atoms with Gasteiger partial charge in [0.15, 0.2) is 0 Å². The maximum absolute atomic E-state index is 15.0. The Labute approximate surface area is 298 Å². The van der Waals surface area contributed by atoms with E-state index in [9.17, 15) is 28.7 Å². The smallest absolute Gasteiger partial charge is 0.328 e. The number of nitrogens with zero attached hydrogens (tertiary/aromatic N) is 2. The van der Waals surface area contributed by atoms with E-state index >= 15 is 4.39 Å². The maximum Gasteiger partial charge on any atom is 0.328 e. The molecule has 0 saturated heterocycles. The lowest BCUT2D eigenvalue weighted by Crippen LogP contribution is -2.48. The average molecular weight is 765 g/mol. The van der Waals surface area contributed by atoms with Crippen molar-refractivity contribution in [1.29, 1.82) is 0 Å². The number of benzene rings is 2. The van der Waals surface area contributed by atoms with Crippen LogP contribution in [0.3, 0.4) is 0 Å². The van der Waals surface area contributed by atoms with Crippen LogP contribution in [0, 0.1) is 17.0 Å². The van der Waals surface area contributed by atoms with Gasteiger partial charge in [0.2, 0.25) is 17.7 Å². The number of carboxylic acids is 1. The van der Waals surface area contributed by atoms with Gasteiger partial charge >= 0.3 is 5.97 Å². The summed E-state index contributed by atoms with van der Waals surface area (Å²) >= 11 is 4.22. The van der Waals surface area contributed by atoms with Crippen LogP contribution < -0.4 is 16.4 Å². The first-order valence-corrected chi connectivity index (χ1v) is 18.1. The highest BCUT2D eigenvalue weighted by molar-refractivity contribution is 9.09. The van der Waals surface area contributed by atoms with Crippen LogP contribution in [0.1, 0.15) is 50.9 Å². The third-order valence-corrected chi connectivity index (χ3v) is 9.11. The van der Waals surface area contributed by atoms with Crippen molar-refractivity contribution in [3.05, 3.63) is 83.7 Å². The van der Waals surface area contributed by atoms with Crippen LogP contribution in [0.4, 0.5) is 8.78 Å². The zero-order valence-corrected chi connectivity index (χ0v) is 30.3. The second-order valence-corrected chi connectivity index (χ2v) is 14.3. The number of aromatic nitrogens is 1. The molecule has 0 radical (unpaired) electrons. The van der Waals surface area contributed by atoms with Crippen molar-refractivity contribution >= 4 is 51.4 Å². The molecule has 3 aromatic rings. The van der Waals surface area contributed by atoms with E-state index < -0.39 is 46.9 Å². The van der Waals surface area contributed by atoms with Gasteiger partial charge in [-0.05, 0) is 48.2 Å². The summed E-state index contributed by atoms with van der Waals surface area (Å²) in [7, 11) is 0. The van der Waals surface area contributed by atoms with E-state index in [4.69, 9.17) is 5.73 Å². The number of amides is 3. The second-order valence-electron chi connectivity index (χ2n) is 12.6. The summed E-state index contributed by atoms with van der Waals surface area (Å²) < 4.78 is 31.3. The minimum atomic E-state index is -1.29. The number of carbonyl (C=O) groups excluding carboxylic acids is 3. The summed E-state index contributed by atoms with van der Waals surface area (Å²) in [4.78, 5) is 51.3. The van der Waals surface area contributed by atoms with Crippen molar-refractivity contribution < 1.29 is 33.1 Å². The van der Waals surface area contributed by atoms with E-state index in [0.29, 0.717) is 31.6 Å². The predicted octanol–water partition coefficient (Wildman–Crippen LogP) is 4.95. The molecule has 0 saturated carbocycles. The molecule has 0 aliphatic heterocycles. The Hall–Kier alpha value is -3.75. The molecule has 49 heavy (non-hydrogen) atoms. The Morgan fingerprint density at radius 2 is 1.78 bits per heavy atom. The number of thioether (sulfide) groups is 1. The van der Waals surface area contributed by atoms with E-state index in [-0.39, 0.29) is 41.3 Å². The summed E-state index contributed by atoms with van der Waals surface area (Å²) in [6.45, 7) is 6.90. The minimum Gasteiger partial charge on any atom is -0.480 e. The number of nitrogens with two attached hydrogens (primary N) is 1. The second kappa shape index (κ2) is 18.9. The fraction of sp³-hybridized carbons (Fsp3) is 0.429. The molecule has 0 bridgehead atoms. The molecule has 0 spiro atoms. The lowest BCUT2D eigenvalue weighted by atomic mass is 9.83. The number of alkyl halides is 1. The number of aliphatic carboxylic acids is 1. The summed E-state index contributed by atoms with van der Waals surface area (Å²) in [6, 6.07) is 13.1. The first-order chi connectivity index (χ1) is 23.2. The number of rotatable bonds is 18. The Kier molecular flexibility index (Phi) is 15.3. The predicted molar refractivity (Wildman–Crippen MR) is 191 cm³/mol. The molecule has 2 atom stereocenters.